The minimum Gasteiger partial charge on any atom is -0.345 e. The number of amides is 1. The predicted octanol–water partition coefficient (Wildman–Crippen LogP) is 2.27. The molecular weight excluding hydrogens is 338 g/mol. The number of fused-ring (bicyclic) bond motifs is 1. The van der Waals surface area contributed by atoms with E-state index < -0.39 is 0 Å². The molecule has 3 aromatic rings. The molecule has 1 saturated heterocycles. The summed E-state index contributed by atoms with van der Waals surface area (Å²) in [6.45, 7) is 4.84. The molecule has 0 bridgehead atoms. The van der Waals surface area contributed by atoms with Crippen molar-refractivity contribution >= 4 is 32.6 Å². The van der Waals surface area contributed by atoms with Gasteiger partial charge in [-0.15, -0.1) is 0 Å². The van der Waals surface area contributed by atoms with Crippen LogP contribution < -0.4 is 4.90 Å². The third-order valence-corrected chi connectivity index (χ3v) is 5.41. The fraction of sp³-hybridized carbons (Fsp3) is 0.412. The number of hydrogen-bond donors (Lipinski definition) is 0. The van der Waals surface area contributed by atoms with Crippen LogP contribution in [0.1, 0.15) is 18.1 Å². The van der Waals surface area contributed by atoms with E-state index in [1.54, 1.807) is 18.3 Å². The van der Waals surface area contributed by atoms with Gasteiger partial charge in [0.15, 0.2) is 11.0 Å². The first-order valence-corrected chi connectivity index (χ1v) is 9.18. The second kappa shape index (κ2) is 6.79. The zero-order valence-electron chi connectivity index (χ0n) is 14.0. The first-order chi connectivity index (χ1) is 12.2. The minimum atomic E-state index is 0.139. The van der Waals surface area contributed by atoms with E-state index in [4.69, 9.17) is 9.51 Å². The Balaban J connectivity index is 1.32. The van der Waals surface area contributed by atoms with Crippen LogP contribution in [0.3, 0.4) is 0 Å². The van der Waals surface area contributed by atoms with Gasteiger partial charge in [-0.3, -0.25) is 4.79 Å². The first-order valence-electron chi connectivity index (χ1n) is 8.36. The van der Waals surface area contributed by atoms with E-state index >= 15 is 0 Å². The van der Waals surface area contributed by atoms with Gasteiger partial charge in [-0.1, -0.05) is 28.6 Å². The highest BCUT2D eigenvalue weighted by molar-refractivity contribution is 7.22. The Morgan fingerprint density at radius 3 is 2.72 bits per heavy atom. The molecule has 3 heterocycles. The van der Waals surface area contributed by atoms with Crippen LogP contribution >= 0.6 is 11.3 Å². The summed E-state index contributed by atoms with van der Waals surface area (Å²) in [5.74, 6) is 1.27. The highest BCUT2D eigenvalue weighted by Gasteiger charge is 2.23. The van der Waals surface area contributed by atoms with Crippen molar-refractivity contribution in [2.45, 2.75) is 19.8 Å². The Kier molecular flexibility index (Phi) is 4.35. The van der Waals surface area contributed by atoms with Crippen LogP contribution in [0.5, 0.6) is 0 Å². The summed E-state index contributed by atoms with van der Waals surface area (Å²) < 4.78 is 6.26. The largest absolute Gasteiger partial charge is 0.345 e. The maximum atomic E-state index is 12.4. The zero-order valence-corrected chi connectivity index (χ0v) is 14.8. The van der Waals surface area contributed by atoms with Crippen LogP contribution in [0.15, 0.2) is 28.8 Å². The van der Waals surface area contributed by atoms with Gasteiger partial charge in [0.2, 0.25) is 11.8 Å². The third-order valence-electron chi connectivity index (χ3n) is 4.31. The molecule has 0 radical (unpaired) electrons. The van der Waals surface area contributed by atoms with Gasteiger partial charge in [0.05, 0.1) is 10.2 Å². The number of aryl methyl sites for hydroxylation is 2. The molecule has 0 atom stereocenters. The lowest BCUT2D eigenvalue weighted by molar-refractivity contribution is -0.131. The van der Waals surface area contributed by atoms with Crippen molar-refractivity contribution in [2.75, 3.05) is 31.1 Å². The smallest absolute Gasteiger partial charge is 0.227 e. The lowest BCUT2D eigenvalue weighted by Gasteiger charge is -2.34. The average molecular weight is 357 g/mol. The van der Waals surface area contributed by atoms with E-state index in [1.165, 1.54) is 4.70 Å². The van der Waals surface area contributed by atoms with Gasteiger partial charge in [0.1, 0.15) is 0 Å². The number of nitrogens with zero attached hydrogens (tertiary/aromatic N) is 5. The summed E-state index contributed by atoms with van der Waals surface area (Å²) in [7, 11) is 0. The van der Waals surface area contributed by atoms with Crippen LogP contribution in [0.25, 0.3) is 10.2 Å². The monoisotopic (exact) mass is 357 g/mol. The molecule has 1 aliphatic rings. The van der Waals surface area contributed by atoms with Gasteiger partial charge in [-0.2, -0.15) is 4.98 Å². The quantitative estimate of drug-likeness (QED) is 0.713. The van der Waals surface area contributed by atoms with Crippen LogP contribution in [-0.4, -0.2) is 52.1 Å². The van der Waals surface area contributed by atoms with E-state index in [-0.39, 0.29) is 5.91 Å². The fourth-order valence-electron chi connectivity index (χ4n) is 2.96. The second-order valence-corrected chi connectivity index (χ2v) is 7.08. The predicted molar refractivity (Wildman–Crippen MR) is 95.8 cm³/mol. The summed E-state index contributed by atoms with van der Waals surface area (Å²) in [4.78, 5) is 25.4. The van der Waals surface area contributed by atoms with Gasteiger partial charge < -0.3 is 14.3 Å². The van der Waals surface area contributed by atoms with E-state index in [0.29, 0.717) is 24.6 Å². The summed E-state index contributed by atoms with van der Waals surface area (Å²) in [5, 5.41) is 4.78. The molecule has 1 aliphatic heterocycles. The number of aromatic nitrogens is 3. The van der Waals surface area contributed by atoms with Crippen LogP contribution in [0.2, 0.25) is 0 Å². The van der Waals surface area contributed by atoms with Gasteiger partial charge in [-0.05, 0) is 19.1 Å². The van der Waals surface area contributed by atoms with Crippen LogP contribution in [-0.2, 0) is 11.2 Å². The molecule has 7 nitrogen and oxygen atoms in total. The van der Waals surface area contributed by atoms with Gasteiger partial charge in [0, 0.05) is 39.0 Å². The molecule has 0 spiro atoms. The second-order valence-electron chi connectivity index (χ2n) is 6.07. The molecule has 0 unspecified atom stereocenters. The molecule has 1 amide bonds. The first kappa shape index (κ1) is 16.0. The standard InChI is InChI=1S/C17H19N5O2S/c1-12-18-15(24-20-12)6-7-16(23)21-8-10-22(11-9-21)17-19-13-4-2-3-5-14(13)25-17/h2-5H,6-11H2,1H3. The summed E-state index contributed by atoms with van der Waals surface area (Å²) in [6, 6.07) is 8.17. The number of hydrogen-bond acceptors (Lipinski definition) is 7. The maximum absolute atomic E-state index is 12.4. The topological polar surface area (TPSA) is 75.4 Å². The Morgan fingerprint density at radius 1 is 1.20 bits per heavy atom. The molecule has 0 aliphatic carbocycles. The molecule has 1 aromatic carbocycles. The summed E-state index contributed by atoms with van der Waals surface area (Å²) in [5.41, 5.74) is 1.04. The molecule has 4 rings (SSSR count). The van der Waals surface area contributed by atoms with E-state index in [1.807, 2.05) is 23.1 Å². The molecule has 1 fully saturated rings. The number of para-hydroxylation sites is 1. The SMILES string of the molecule is Cc1noc(CCC(=O)N2CCN(c3nc4ccccc4s3)CC2)n1. The Morgan fingerprint density at radius 2 is 2.00 bits per heavy atom. The van der Waals surface area contributed by atoms with Crippen molar-refractivity contribution in [1.82, 2.24) is 20.0 Å². The molecular formula is C17H19N5O2S. The van der Waals surface area contributed by atoms with Gasteiger partial charge in [-0.25, -0.2) is 4.98 Å². The third kappa shape index (κ3) is 3.48. The van der Waals surface area contributed by atoms with Gasteiger partial charge >= 0.3 is 0 Å². The normalized spacial score (nSPS) is 15.1. The molecule has 25 heavy (non-hydrogen) atoms. The van der Waals surface area contributed by atoms with Crippen molar-refractivity contribution in [3.63, 3.8) is 0 Å². The molecule has 0 N–H and O–H groups in total. The lowest BCUT2D eigenvalue weighted by Crippen LogP contribution is -2.48. The molecule has 8 heteroatoms. The maximum Gasteiger partial charge on any atom is 0.227 e. The highest BCUT2D eigenvalue weighted by Crippen LogP contribution is 2.29. The Bertz CT molecular complexity index is 849. The Labute approximate surface area is 149 Å². The van der Waals surface area contributed by atoms with Crippen LogP contribution in [0.4, 0.5) is 5.13 Å². The van der Waals surface area contributed by atoms with Crippen molar-refractivity contribution < 1.29 is 9.32 Å². The summed E-state index contributed by atoms with van der Waals surface area (Å²) >= 11 is 1.71. The van der Waals surface area contributed by atoms with E-state index in [9.17, 15) is 4.79 Å². The van der Waals surface area contributed by atoms with Crippen molar-refractivity contribution in [3.8, 4) is 0 Å². The molecule has 0 saturated carbocycles. The minimum absolute atomic E-state index is 0.139. The highest BCUT2D eigenvalue weighted by atomic mass is 32.1. The van der Waals surface area contributed by atoms with Crippen molar-refractivity contribution in [2.24, 2.45) is 0 Å². The number of rotatable bonds is 4. The van der Waals surface area contributed by atoms with Gasteiger partial charge in [0.25, 0.3) is 0 Å². The van der Waals surface area contributed by atoms with E-state index in [0.717, 1.165) is 36.8 Å². The number of carbonyl (C=O) groups excluding carboxylic acids is 1. The number of thiazole rings is 1. The average Bonchev–Trinajstić information content (AvgIpc) is 3.25. The fourth-order valence-corrected chi connectivity index (χ4v) is 3.97. The van der Waals surface area contributed by atoms with Crippen LogP contribution in [0, 0.1) is 6.92 Å². The van der Waals surface area contributed by atoms with Crippen molar-refractivity contribution in [3.05, 3.63) is 36.0 Å². The number of anilines is 1. The molecule has 2 aromatic heterocycles. The lowest BCUT2D eigenvalue weighted by atomic mass is 10.2. The zero-order chi connectivity index (χ0) is 17.2. The molecule has 130 valence electrons. The van der Waals surface area contributed by atoms with E-state index in [2.05, 4.69) is 21.1 Å². The number of carbonyl (C=O) groups is 1. The Hall–Kier alpha value is -2.48. The number of benzene rings is 1. The number of piperazine rings is 1. The summed E-state index contributed by atoms with van der Waals surface area (Å²) in [6.07, 6.45) is 0.903. The van der Waals surface area contributed by atoms with Crippen molar-refractivity contribution in [1.29, 1.82) is 0 Å².